The van der Waals surface area contributed by atoms with E-state index in [1.165, 1.54) is 78.2 Å². The molecule has 3 aliphatic rings. The molecule has 0 atom stereocenters. The molecule has 1 aromatic heterocycles. The Morgan fingerprint density at radius 1 is 0.456 bits per heavy atom. The number of aryl methyl sites for hydroxylation is 2. The molecule has 0 N–H and O–H groups in total. The average molecular weight is 878 g/mol. The number of furan rings is 1. The Kier molecular flexibility index (Phi) is 8.86. The number of benzene rings is 9. The van der Waals surface area contributed by atoms with E-state index in [1.54, 1.807) is 0 Å². The van der Waals surface area contributed by atoms with Gasteiger partial charge < -0.3 is 19.1 Å². The van der Waals surface area contributed by atoms with Gasteiger partial charge in [-0.25, -0.2) is 0 Å². The monoisotopic (exact) mass is 877 g/mol. The molecule has 4 nitrogen and oxygen atoms in total. The molecule has 1 aliphatic carbocycles. The topological polar surface area (TPSA) is 22.9 Å². The van der Waals surface area contributed by atoms with Crippen LogP contribution in [-0.2, 0) is 10.8 Å². The minimum Gasteiger partial charge on any atom is -0.456 e. The van der Waals surface area contributed by atoms with Crippen LogP contribution in [0.3, 0.4) is 0 Å². The Balaban J connectivity index is 1.15. The summed E-state index contributed by atoms with van der Waals surface area (Å²) in [5.41, 5.74) is 23.9. The van der Waals surface area contributed by atoms with Gasteiger partial charge in [-0.2, -0.15) is 0 Å². The fourth-order valence-corrected chi connectivity index (χ4v) is 12.4. The minimum atomic E-state index is -0.0447. The highest BCUT2D eigenvalue weighted by atomic mass is 16.3. The van der Waals surface area contributed by atoms with Crippen molar-refractivity contribution < 1.29 is 4.42 Å². The Morgan fingerprint density at radius 3 is 1.76 bits per heavy atom. The summed E-state index contributed by atoms with van der Waals surface area (Å²) in [4.78, 5) is 7.59. The van der Waals surface area contributed by atoms with E-state index in [0.717, 1.165) is 51.1 Å². The van der Waals surface area contributed by atoms with E-state index in [1.807, 2.05) is 0 Å². The molecule has 5 heteroatoms. The molecule has 0 bridgehead atoms. The van der Waals surface area contributed by atoms with Crippen LogP contribution in [0.25, 0.3) is 33.1 Å². The lowest BCUT2D eigenvalue weighted by Crippen LogP contribution is -2.61. The number of rotatable bonds is 6. The van der Waals surface area contributed by atoms with Crippen molar-refractivity contribution in [2.24, 2.45) is 0 Å². The molecule has 0 fully saturated rings. The molecular formula is C63H52BN3O. The van der Waals surface area contributed by atoms with Crippen LogP contribution >= 0.6 is 0 Å². The zero-order valence-electron chi connectivity index (χ0n) is 39.5. The zero-order chi connectivity index (χ0) is 46.1. The first-order valence-corrected chi connectivity index (χ1v) is 24.1. The van der Waals surface area contributed by atoms with Gasteiger partial charge in [-0.05, 0) is 160 Å². The predicted octanol–water partition coefficient (Wildman–Crippen LogP) is 15.4. The normalized spacial score (nSPS) is 15.0. The summed E-state index contributed by atoms with van der Waals surface area (Å²) < 4.78 is 6.63. The van der Waals surface area contributed by atoms with Gasteiger partial charge in [-0.3, -0.25) is 0 Å². The van der Waals surface area contributed by atoms with Crippen LogP contribution in [0.2, 0.25) is 0 Å². The molecule has 0 unspecified atom stereocenters. The summed E-state index contributed by atoms with van der Waals surface area (Å²) in [6.07, 6.45) is 1.09. The van der Waals surface area contributed by atoms with Gasteiger partial charge in [0.05, 0.1) is 11.1 Å². The van der Waals surface area contributed by atoms with Crippen LogP contribution in [0, 0.1) is 13.8 Å². The molecule has 0 saturated heterocycles. The molecule has 0 saturated carbocycles. The zero-order valence-corrected chi connectivity index (χ0v) is 39.5. The highest BCUT2D eigenvalue weighted by Crippen LogP contribution is 2.54. The second-order valence-electron chi connectivity index (χ2n) is 20.6. The quantitative estimate of drug-likeness (QED) is 0.155. The number of fused-ring (bicyclic) bond motifs is 8. The van der Waals surface area contributed by atoms with E-state index in [2.05, 4.69) is 250 Å². The van der Waals surface area contributed by atoms with Crippen LogP contribution in [-0.4, -0.2) is 6.71 Å². The molecule has 9 aromatic carbocycles. The lowest BCUT2D eigenvalue weighted by atomic mass is 9.33. The van der Waals surface area contributed by atoms with Crippen molar-refractivity contribution in [1.29, 1.82) is 0 Å². The maximum absolute atomic E-state index is 6.63. The van der Waals surface area contributed by atoms with E-state index in [9.17, 15) is 0 Å². The Labute approximate surface area is 399 Å². The second-order valence-corrected chi connectivity index (χ2v) is 20.6. The van der Waals surface area contributed by atoms with Crippen molar-refractivity contribution in [2.75, 3.05) is 14.7 Å². The number of para-hydroxylation sites is 3. The summed E-state index contributed by atoms with van der Waals surface area (Å²) in [7, 11) is 0. The van der Waals surface area contributed by atoms with Crippen molar-refractivity contribution in [3.05, 3.63) is 216 Å². The number of hydrogen-bond acceptors (Lipinski definition) is 4. The van der Waals surface area contributed by atoms with Crippen molar-refractivity contribution in [3.63, 3.8) is 0 Å². The van der Waals surface area contributed by atoms with Gasteiger partial charge in [0.15, 0.2) is 0 Å². The first-order chi connectivity index (χ1) is 33.0. The molecule has 3 heterocycles. The first-order valence-electron chi connectivity index (χ1n) is 24.1. The van der Waals surface area contributed by atoms with Gasteiger partial charge in [-0.15, -0.1) is 0 Å². The molecule has 0 amide bonds. The van der Waals surface area contributed by atoms with E-state index in [4.69, 9.17) is 4.42 Å². The van der Waals surface area contributed by atoms with Crippen molar-refractivity contribution in [1.82, 2.24) is 0 Å². The number of nitrogens with zero attached hydrogens (tertiary/aromatic N) is 3. The SMILES string of the molecule is Cc1cc2c3c(c1)N(c1cccc4oc5ccccc5c14)c1cc4c(cc1B3c1ccc(N(c3ccccc3)c3ccccc3)cc1N2c1cc(-c2ccccc2)ccc1C)C(C)(C)CC4(C)C. The van der Waals surface area contributed by atoms with Crippen LogP contribution in [0.5, 0.6) is 0 Å². The lowest BCUT2D eigenvalue weighted by molar-refractivity contribution is 0.403. The predicted molar refractivity (Wildman–Crippen MR) is 288 cm³/mol. The largest absolute Gasteiger partial charge is 0.456 e. The lowest BCUT2D eigenvalue weighted by Gasteiger charge is -2.45. The summed E-state index contributed by atoms with van der Waals surface area (Å²) in [5.74, 6) is 0. The molecule has 68 heavy (non-hydrogen) atoms. The van der Waals surface area contributed by atoms with Gasteiger partial charge >= 0.3 is 0 Å². The Hall–Kier alpha value is -7.76. The van der Waals surface area contributed by atoms with Gasteiger partial charge in [0.25, 0.3) is 6.71 Å². The second kappa shape index (κ2) is 14.9. The van der Waals surface area contributed by atoms with E-state index >= 15 is 0 Å². The standard InChI is InChI=1S/C63H52BN3O/c1-40-33-56-61-57(34-40)67(53-35-43(30-29-41(53)2)42-19-10-7-11-20-42)54-36-46(65(44-21-12-8-13-22-44)45-23-14-9-15-24-45)31-32-50(54)64(61)51-37-48-49(63(5,6)39-62(48,3)4)38-55(51)66(56)52-26-18-28-59-60(52)47-25-16-17-27-58(47)68-59/h7-38H,39H2,1-6H3. The number of hydrogen-bond donors (Lipinski definition) is 0. The van der Waals surface area contributed by atoms with Crippen LogP contribution in [0.1, 0.15) is 56.4 Å². The van der Waals surface area contributed by atoms with Gasteiger partial charge in [0, 0.05) is 50.9 Å². The minimum absolute atomic E-state index is 0.00171. The van der Waals surface area contributed by atoms with E-state index < -0.39 is 0 Å². The van der Waals surface area contributed by atoms with Crippen molar-refractivity contribution >= 4 is 96.2 Å². The first kappa shape index (κ1) is 40.5. The van der Waals surface area contributed by atoms with E-state index in [-0.39, 0.29) is 17.5 Å². The smallest absolute Gasteiger partial charge is 0.252 e. The maximum Gasteiger partial charge on any atom is 0.252 e. The third kappa shape index (κ3) is 6.08. The summed E-state index contributed by atoms with van der Waals surface area (Å²) >= 11 is 0. The van der Waals surface area contributed by atoms with Crippen LogP contribution < -0.4 is 31.1 Å². The summed E-state index contributed by atoms with van der Waals surface area (Å²) in [5, 5.41) is 2.26. The molecule has 2 aliphatic heterocycles. The molecular weight excluding hydrogens is 826 g/mol. The van der Waals surface area contributed by atoms with Crippen molar-refractivity contribution in [3.8, 4) is 11.1 Å². The van der Waals surface area contributed by atoms with Crippen LogP contribution in [0.4, 0.5) is 51.2 Å². The third-order valence-electron chi connectivity index (χ3n) is 15.1. The number of anilines is 9. The van der Waals surface area contributed by atoms with Gasteiger partial charge in [-0.1, -0.05) is 143 Å². The van der Waals surface area contributed by atoms with Gasteiger partial charge in [0.1, 0.15) is 11.2 Å². The Bertz CT molecular complexity index is 3610. The third-order valence-corrected chi connectivity index (χ3v) is 15.1. The van der Waals surface area contributed by atoms with Crippen LogP contribution in [0.15, 0.2) is 199 Å². The highest BCUT2D eigenvalue weighted by molar-refractivity contribution is 7.00. The van der Waals surface area contributed by atoms with Gasteiger partial charge in [0.2, 0.25) is 0 Å². The average Bonchev–Trinajstić information content (AvgIpc) is 3.82. The maximum atomic E-state index is 6.63. The molecule has 0 radical (unpaired) electrons. The molecule has 10 aromatic rings. The molecule has 13 rings (SSSR count). The Morgan fingerprint density at radius 2 is 1.06 bits per heavy atom. The highest BCUT2D eigenvalue weighted by Gasteiger charge is 2.48. The summed E-state index contributed by atoms with van der Waals surface area (Å²) in [6, 6.07) is 71.8. The van der Waals surface area contributed by atoms with Crippen molar-refractivity contribution in [2.45, 2.75) is 58.8 Å². The fraction of sp³-hybridized carbons (Fsp3) is 0.143. The molecule has 328 valence electrons. The van der Waals surface area contributed by atoms with E-state index in [0.29, 0.717) is 0 Å². The molecule has 0 spiro atoms. The summed E-state index contributed by atoms with van der Waals surface area (Å²) in [6.45, 7) is 14.3. The fourth-order valence-electron chi connectivity index (χ4n) is 12.4.